The van der Waals surface area contributed by atoms with Gasteiger partial charge >= 0.3 is 0 Å². The van der Waals surface area contributed by atoms with Crippen LogP contribution in [0.4, 0.5) is 0 Å². The maximum Gasteiger partial charge on any atom is 0.289 e. The lowest BCUT2D eigenvalue weighted by molar-refractivity contribution is 0.0727. The van der Waals surface area contributed by atoms with Gasteiger partial charge in [-0.25, -0.2) is 0 Å². The molecule has 1 aliphatic carbocycles. The van der Waals surface area contributed by atoms with Crippen molar-refractivity contribution < 1.29 is 13.7 Å². The Morgan fingerprint density at radius 1 is 1.19 bits per heavy atom. The molecule has 0 atom stereocenters. The van der Waals surface area contributed by atoms with Crippen molar-refractivity contribution in [1.29, 1.82) is 0 Å². The second kappa shape index (κ2) is 7.27. The van der Waals surface area contributed by atoms with E-state index in [1.165, 1.54) is 19.4 Å². The lowest BCUT2D eigenvalue weighted by atomic mass is 10.1. The number of rotatable bonds is 5. The van der Waals surface area contributed by atoms with Crippen molar-refractivity contribution in [3.8, 4) is 0 Å². The molecule has 0 unspecified atom stereocenters. The summed E-state index contributed by atoms with van der Waals surface area (Å²) in [5.41, 5.74) is 1.90. The summed E-state index contributed by atoms with van der Waals surface area (Å²) in [4.78, 5) is 17.3. The summed E-state index contributed by atoms with van der Waals surface area (Å²) in [6, 6.07) is 3.68. The van der Waals surface area contributed by atoms with Crippen molar-refractivity contribution in [3.05, 3.63) is 40.7 Å². The van der Waals surface area contributed by atoms with Crippen LogP contribution in [-0.4, -0.2) is 53.6 Å². The molecule has 0 spiro atoms. The van der Waals surface area contributed by atoms with Gasteiger partial charge in [-0.3, -0.25) is 4.79 Å². The van der Waals surface area contributed by atoms with E-state index in [2.05, 4.69) is 10.1 Å². The normalized spacial score (nSPS) is 18.9. The van der Waals surface area contributed by atoms with Crippen LogP contribution in [0.25, 0.3) is 0 Å². The summed E-state index contributed by atoms with van der Waals surface area (Å²) < 4.78 is 11.1. The fourth-order valence-corrected chi connectivity index (χ4v) is 3.69. The Hall–Kier alpha value is -2.08. The highest BCUT2D eigenvalue weighted by molar-refractivity contribution is 5.91. The summed E-state index contributed by atoms with van der Waals surface area (Å²) in [5, 5.41) is 3.97. The third-order valence-electron chi connectivity index (χ3n) is 5.49. The predicted molar refractivity (Wildman–Crippen MR) is 97.2 cm³/mol. The maximum absolute atomic E-state index is 12.8. The second-order valence-electron chi connectivity index (χ2n) is 7.64. The van der Waals surface area contributed by atoms with E-state index in [0.29, 0.717) is 12.2 Å². The number of nitrogens with zero attached hydrogens (tertiary/aromatic N) is 3. The average Bonchev–Trinajstić information content (AvgIpc) is 3.31. The molecule has 140 valence electrons. The zero-order valence-corrected chi connectivity index (χ0v) is 15.7. The highest BCUT2D eigenvalue weighted by Gasteiger charge is 2.27. The molecule has 1 saturated heterocycles. The number of carbonyl (C=O) groups excluding carboxylic acids is 1. The first-order valence-electron chi connectivity index (χ1n) is 9.62. The first-order chi connectivity index (χ1) is 12.6. The summed E-state index contributed by atoms with van der Waals surface area (Å²) >= 11 is 0. The van der Waals surface area contributed by atoms with Gasteiger partial charge in [0.1, 0.15) is 11.5 Å². The van der Waals surface area contributed by atoms with Crippen molar-refractivity contribution in [2.24, 2.45) is 5.92 Å². The Morgan fingerprint density at radius 2 is 2.04 bits per heavy atom. The topological polar surface area (TPSA) is 62.7 Å². The van der Waals surface area contributed by atoms with Gasteiger partial charge in [-0.05, 0) is 57.7 Å². The van der Waals surface area contributed by atoms with E-state index in [0.717, 1.165) is 61.3 Å². The quantitative estimate of drug-likeness (QED) is 0.823. The number of hydrogen-bond donors (Lipinski definition) is 0. The molecule has 1 amide bonds. The molecule has 6 heteroatoms. The summed E-state index contributed by atoms with van der Waals surface area (Å²) in [6.07, 6.45) is 4.38. The van der Waals surface area contributed by atoms with Crippen LogP contribution in [-0.2, 0) is 6.42 Å². The number of furan rings is 1. The molecule has 0 N–H and O–H groups in total. The van der Waals surface area contributed by atoms with Crippen LogP contribution in [0, 0.1) is 19.8 Å². The molecule has 4 rings (SSSR count). The van der Waals surface area contributed by atoms with Gasteiger partial charge in [0.25, 0.3) is 5.91 Å². The largest absolute Gasteiger partial charge is 0.456 e. The van der Waals surface area contributed by atoms with Gasteiger partial charge in [-0.15, -0.1) is 0 Å². The number of aryl methyl sites for hydroxylation is 2. The van der Waals surface area contributed by atoms with Crippen molar-refractivity contribution in [1.82, 2.24) is 15.0 Å². The predicted octanol–water partition coefficient (Wildman–Crippen LogP) is 3.03. The first-order valence-corrected chi connectivity index (χ1v) is 9.62. The Kier molecular flexibility index (Phi) is 4.85. The Balaban J connectivity index is 1.38. The molecule has 1 aliphatic heterocycles. The lowest BCUT2D eigenvalue weighted by Gasteiger charge is -2.21. The summed E-state index contributed by atoms with van der Waals surface area (Å²) in [6.45, 7) is 8.67. The monoisotopic (exact) mass is 357 g/mol. The van der Waals surface area contributed by atoms with Crippen LogP contribution >= 0.6 is 0 Å². The number of carbonyl (C=O) groups is 1. The molecule has 0 bridgehead atoms. The minimum atomic E-state index is 0.00304. The third kappa shape index (κ3) is 3.85. The summed E-state index contributed by atoms with van der Waals surface area (Å²) in [7, 11) is 0. The maximum atomic E-state index is 12.8. The number of amides is 1. The van der Waals surface area contributed by atoms with Gasteiger partial charge in [0, 0.05) is 38.2 Å². The molecule has 0 aromatic carbocycles. The molecule has 2 aliphatic rings. The van der Waals surface area contributed by atoms with E-state index in [-0.39, 0.29) is 5.91 Å². The minimum Gasteiger partial charge on any atom is -0.456 e. The zero-order chi connectivity index (χ0) is 18.1. The molecule has 3 heterocycles. The van der Waals surface area contributed by atoms with Gasteiger partial charge in [0.2, 0.25) is 0 Å². The van der Waals surface area contributed by atoms with E-state index >= 15 is 0 Å². The minimum absolute atomic E-state index is 0.00304. The molecular weight excluding hydrogens is 330 g/mol. The van der Waals surface area contributed by atoms with Gasteiger partial charge in [0.15, 0.2) is 5.76 Å². The molecule has 6 nitrogen and oxygen atoms in total. The molecule has 2 fully saturated rings. The fraction of sp³-hybridized carbons (Fsp3) is 0.600. The molecule has 0 radical (unpaired) electrons. The zero-order valence-electron chi connectivity index (χ0n) is 15.7. The van der Waals surface area contributed by atoms with E-state index < -0.39 is 0 Å². The van der Waals surface area contributed by atoms with Crippen LogP contribution in [0.15, 0.2) is 21.1 Å². The summed E-state index contributed by atoms with van der Waals surface area (Å²) in [5.74, 6) is 2.91. The molecule has 1 saturated carbocycles. The molecule has 2 aromatic rings. The van der Waals surface area contributed by atoms with Gasteiger partial charge in [0.05, 0.1) is 5.69 Å². The van der Waals surface area contributed by atoms with Crippen LogP contribution < -0.4 is 0 Å². The van der Waals surface area contributed by atoms with Crippen LogP contribution in [0.2, 0.25) is 0 Å². The average molecular weight is 357 g/mol. The highest BCUT2D eigenvalue weighted by Crippen LogP contribution is 2.30. The van der Waals surface area contributed by atoms with Crippen molar-refractivity contribution in [2.75, 3.05) is 32.7 Å². The van der Waals surface area contributed by atoms with Crippen LogP contribution in [0.1, 0.15) is 52.6 Å². The SMILES string of the molecule is Cc1noc(C)c1Cc1ccc(C(=O)N2CCCN(CC3CC3)CC2)o1. The molecule has 2 aromatic heterocycles. The van der Waals surface area contributed by atoms with E-state index in [4.69, 9.17) is 8.94 Å². The number of hydrogen-bond acceptors (Lipinski definition) is 5. The highest BCUT2D eigenvalue weighted by atomic mass is 16.5. The Bertz CT molecular complexity index is 756. The van der Waals surface area contributed by atoms with Crippen molar-refractivity contribution in [3.63, 3.8) is 0 Å². The molecular formula is C20H27N3O3. The second-order valence-corrected chi connectivity index (χ2v) is 7.64. The van der Waals surface area contributed by atoms with Crippen LogP contribution in [0.3, 0.4) is 0 Å². The van der Waals surface area contributed by atoms with Gasteiger partial charge in [-0.1, -0.05) is 5.16 Å². The lowest BCUT2D eigenvalue weighted by Crippen LogP contribution is -2.35. The standard InChI is InChI=1S/C20H27N3O3/c1-14-18(15(2)26-21-14)12-17-6-7-19(25-17)20(24)23-9-3-8-22(10-11-23)13-16-4-5-16/h6-7,16H,3-5,8-13H2,1-2H3. The number of aromatic nitrogens is 1. The smallest absolute Gasteiger partial charge is 0.289 e. The first kappa shape index (κ1) is 17.3. The van der Waals surface area contributed by atoms with E-state index in [9.17, 15) is 4.79 Å². The van der Waals surface area contributed by atoms with Gasteiger partial charge < -0.3 is 18.7 Å². The molecule has 26 heavy (non-hydrogen) atoms. The Morgan fingerprint density at radius 3 is 2.77 bits per heavy atom. The van der Waals surface area contributed by atoms with E-state index in [1.54, 1.807) is 6.07 Å². The van der Waals surface area contributed by atoms with Crippen LogP contribution in [0.5, 0.6) is 0 Å². The Labute approximate surface area is 154 Å². The fourth-order valence-electron chi connectivity index (χ4n) is 3.69. The van der Waals surface area contributed by atoms with Crippen molar-refractivity contribution in [2.45, 2.75) is 39.5 Å². The van der Waals surface area contributed by atoms with Gasteiger partial charge in [-0.2, -0.15) is 0 Å². The third-order valence-corrected chi connectivity index (χ3v) is 5.49. The van der Waals surface area contributed by atoms with E-state index in [1.807, 2.05) is 24.8 Å². The van der Waals surface area contributed by atoms with Crippen molar-refractivity contribution >= 4 is 5.91 Å².